The number of phenols is 1. The van der Waals surface area contributed by atoms with Crippen LogP contribution in [0.3, 0.4) is 0 Å². The summed E-state index contributed by atoms with van der Waals surface area (Å²) >= 11 is 0. The maximum Gasteiger partial charge on any atom is 0.246 e. The van der Waals surface area contributed by atoms with Crippen LogP contribution in [0.2, 0.25) is 0 Å². The fourth-order valence-corrected chi connectivity index (χ4v) is 4.14. The van der Waals surface area contributed by atoms with Crippen LogP contribution < -0.4 is 5.32 Å². The van der Waals surface area contributed by atoms with Crippen LogP contribution in [-0.2, 0) is 32.0 Å². The van der Waals surface area contributed by atoms with Crippen LogP contribution in [0.4, 0.5) is 0 Å². The highest BCUT2D eigenvalue weighted by Gasteiger charge is 2.48. The Bertz CT molecular complexity index is 928. The van der Waals surface area contributed by atoms with Crippen LogP contribution in [0.5, 0.6) is 5.75 Å². The Hall–Kier alpha value is -3.19. The number of nitrogens with zero attached hydrogens (tertiary/aromatic N) is 1. The van der Waals surface area contributed by atoms with Gasteiger partial charge in [-0.15, -0.1) is 0 Å². The number of nitrogens with one attached hydrogen (secondary N) is 1. The minimum atomic E-state index is -0.807. The Labute approximate surface area is 174 Å². The van der Waals surface area contributed by atoms with Crippen molar-refractivity contribution in [2.24, 2.45) is 0 Å². The molecule has 156 valence electrons. The van der Waals surface area contributed by atoms with Gasteiger partial charge in [-0.25, -0.2) is 0 Å². The molecule has 2 fully saturated rings. The molecule has 0 aliphatic carbocycles. The van der Waals surface area contributed by atoms with Crippen LogP contribution in [0.1, 0.15) is 17.5 Å². The summed E-state index contributed by atoms with van der Waals surface area (Å²) in [6, 6.07) is 14.5. The van der Waals surface area contributed by atoms with E-state index in [1.165, 1.54) is 0 Å². The van der Waals surface area contributed by atoms with Crippen molar-refractivity contribution in [3.05, 3.63) is 65.7 Å². The molecule has 2 aromatic rings. The number of amides is 2. The van der Waals surface area contributed by atoms with E-state index in [9.17, 15) is 19.5 Å². The largest absolute Gasteiger partial charge is 0.508 e. The van der Waals surface area contributed by atoms with Crippen LogP contribution in [-0.4, -0.2) is 58.9 Å². The average Bonchev–Trinajstić information content (AvgIpc) is 3.32. The van der Waals surface area contributed by atoms with E-state index >= 15 is 0 Å². The summed E-state index contributed by atoms with van der Waals surface area (Å²) in [4.78, 5) is 39.8. The molecule has 2 N–H and O–H groups in total. The van der Waals surface area contributed by atoms with Crippen LogP contribution in [0.15, 0.2) is 54.6 Å². The summed E-state index contributed by atoms with van der Waals surface area (Å²) in [7, 11) is 0. The molecule has 2 heterocycles. The van der Waals surface area contributed by atoms with Crippen molar-refractivity contribution in [2.45, 2.75) is 37.5 Å². The van der Waals surface area contributed by atoms with Gasteiger partial charge in [0.25, 0.3) is 0 Å². The average molecular weight is 408 g/mol. The number of carbonyl (C=O) groups excluding carboxylic acids is 3. The zero-order valence-corrected chi connectivity index (χ0v) is 16.5. The van der Waals surface area contributed by atoms with Gasteiger partial charge in [0.15, 0.2) is 5.78 Å². The van der Waals surface area contributed by atoms with Gasteiger partial charge < -0.3 is 20.1 Å². The lowest BCUT2D eigenvalue weighted by atomic mass is 10.0. The number of aromatic hydroxyl groups is 1. The molecule has 3 atom stereocenters. The molecule has 2 aliphatic rings. The smallest absolute Gasteiger partial charge is 0.246 e. The Morgan fingerprint density at radius 1 is 1.10 bits per heavy atom. The molecule has 2 aliphatic heterocycles. The second-order valence-electron chi connectivity index (χ2n) is 7.73. The van der Waals surface area contributed by atoms with E-state index in [4.69, 9.17) is 4.74 Å². The molecule has 0 spiro atoms. The van der Waals surface area contributed by atoms with Gasteiger partial charge >= 0.3 is 0 Å². The fraction of sp³-hybridized carbons (Fsp3) is 0.348. The Balaban J connectivity index is 1.51. The van der Waals surface area contributed by atoms with Crippen molar-refractivity contribution in [2.75, 3.05) is 13.2 Å². The van der Waals surface area contributed by atoms with E-state index in [2.05, 4.69) is 5.32 Å². The zero-order valence-electron chi connectivity index (χ0n) is 16.5. The van der Waals surface area contributed by atoms with Crippen molar-refractivity contribution in [1.29, 1.82) is 0 Å². The summed E-state index contributed by atoms with van der Waals surface area (Å²) < 4.78 is 5.48. The summed E-state index contributed by atoms with van der Waals surface area (Å²) in [6.07, 6.45) is 0.791. The first-order valence-electron chi connectivity index (χ1n) is 10.1. The molecule has 2 amide bonds. The highest BCUT2D eigenvalue weighted by molar-refractivity contribution is 5.95. The Morgan fingerprint density at radius 3 is 2.57 bits per heavy atom. The minimum absolute atomic E-state index is 0.0299. The van der Waals surface area contributed by atoms with E-state index in [-0.39, 0.29) is 48.9 Å². The number of phenolic OH excluding ortho intramolecular Hbond substituents is 1. The lowest BCUT2D eigenvalue weighted by Crippen LogP contribution is -2.53. The third kappa shape index (κ3) is 4.36. The van der Waals surface area contributed by atoms with Crippen LogP contribution in [0.25, 0.3) is 0 Å². The first kappa shape index (κ1) is 20.1. The molecule has 30 heavy (non-hydrogen) atoms. The number of rotatable bonds is 6. The minimum Gasteiger partial charge on any atom is -0.508 e. The highest BCUT2D eigenvalue weighted by atomic mass is 16.5. The van der Waals surface area contributed by atoms with Gasteiger partial charge in [0, 0.05) is 13.0 Å². The number of ether oxygens (including phenoxy) is 1. The maximum absolute atomic E-state index is 13.3. The zero-order chi connectivity index (χ0) is 21.1. The molecule has 7 nitrogen and oxygen atoms in total. The summed E-state index contributed by atoms with van der Waals surface area (Å²) in [5.41, 5.74) is 1.65. The van der Waals surface area contributed by atoms with Gasteiger partial charge in [-0.1, -0.05) is 42.5 Å². The number of ketones is 1. The molecule has 2 aromatic carbocycles. The SMILES string of the molecule is O=C(Cc1ccccc1)NC(Cc1ccc(O)cc1)C(=O)N1CCC2OCC(=O)C21. The molecule has 7 heteroatoms. The van der Waals surface area contributed by atoms with E-state index < -0.39 is 12.1 Å². The van der Waals surface area contributed by atoms with Gasteiger partial charge in [-0.05, 0) is 29.7 Å². The normalized spacial score (nSPS) is 21.3. The molecular formula is C23H24N2O5. The number of fused-ring (bicyclic) bond motifs is 1. The Kier molecular flexibility index (Phi) is 5.81. The predicted octanol–water partition coefficient (Wildman–Crippen LogP) is 1.23. The van der Waals surface area contributed by atoms with Crippen molar-refractivity contribution in [1.82, 2.24) is 10.2 Å². The second-order valence-corrected chi connectivity index (χ2v) is 7.73. The van der Waals surface area contributed by atoms with Gasteiger partial charge in [-0.3, -0.25) is 14.4 Å². The highest BCUT2D eigenvalue weighted by Crippen LogP contribution is 2.28. The van der Waals surface area contributed by atoms with Crippen LogP contribution >= 0.6 is 0 Å². The molecule has 0 radical (unpaired) electrons. The fourth-order valence-electron chi connectivity index (χ4n) is 4.14. The molecule has 0 bridgehead atoms. The second kappa shape index (κ2) is 8.67. The van der Waals surface area contributed by atoms with Crippen LogP contribution in [0, 0.1) is 0 Å². The number of likely N-dealkylation sites (tertiary alicyclic amines) is 1. The van der Waals surface area contributed by atoms with E-state index in [1.54, 1.807) is 29.2 Å². The summed E-state index contributed by atoms with van der Waals surface area (Å²) in [5.74, 6) is -0.505. The van der Waals surface area contributed by atoms with E-state index in [0.29, 0.717) is 13.0 Å². The molecule has 2 saturated heterocycles. The number of carbonyl (C=O) groups is 3. The lowest BCUT2D eigenvalue weighted by Gasteiger charge is -2.27. The third-order valence-electron chi connectivity index (χ3n) is 5.61. The van der Waals surface area contributed by atoms with Crippen molar-refractivity contribution in [3.8, 4) is 5.75 Å². The van der Waals surface area contributed by atoms with Crippen molar-refractivity contribution >= 4 is 17.6 Å². The third-order valence-corrected chi connectivity index (χ3v) is 5.61. The van der Waals surface area contributed by atoms with E-state index in [1.807, 2.05) is 30.3 Å². The summed E-state index contributed by atoms with van der Waals surface area (Å²) in [6.45, 7) is 0.461. The Morgan fingerprint density at radius 2 is 1.83 bits per heavy atom. The van der Waals surface area contributed by atoms with Gasteiger partial charge in [-0.2, -0.15) is 0 Å². The summed E-state index contributed by atoms with van der Waals surface area (Å²) in [5, 5.41) is 12.4. The molecule has 0 saturated carbocycles. The first-order chi connectivity index (χ1) is 14.5. The molecule has 3 unspecified atom stereocenters. The standard InChI is InChI=1S/C23H24N2O5/c26-17-8-6-16(7-9-17)12-18(24-21(28)13-15-4-2-1-3-5-15)23(29)25-11-10-20-22(25)19(27)14-30-20/h1-9,18,20,22,26H,10-14H2,(H,24,28). The van der Waals surface area contributed by atoms with E-state index in [0.717, 1.165) is 11.1 Å². The number of hydrogen-bond acceptors (Lipinski definition) is 5. The lowest BCUT2D eigenvalue weighted by molar-refractivity contribution is -0.139. The first-order valence-corrected chi connectivity index (χ1v) is 10.1. The number of benzene rings is 2. The topological polar surface area (TPSA) is 95.9 Å². The van der Waals surface area contributed by atoms with Gasteiger partial charge in [0.05, 0.1) is 12.5 Å². The van der Waals surface area contributed by atoms with Crippen molar-refractivity contribution < 1.29 is 24.2 Å². The molecule has 4 rings (SSSR count). The van der Waals surface area contributed by atoms with Gasteiger partial charge in [0.2, 0.25) is 11.8 Å². The monoisotopic (exact) mass is 408 g/mol. The molecule has 0 aromatic heterocycles. The van der Waals surface area contributed by atoms with Crippen molar-refractivity contribution in [3.63, 3.8) is 0 Å². The maximum atomic E-state index is 13.3. The quantitative estimate of drug-likeness (QED) is 0.750. The number of hydrogen-bond donors (Lipinski definition) is 2. The number of Topliss-reactive ketones (excluding diaryl/α,β-unsaturated/α-hetero) is 1. The molecular weight excluding hydrogens is 384 g/mol. The predicted molar refractivity (Wildman–Crippen MR) is 109 cm³/mol. The van der Waals surface area contributed by atoms with Gasteiger partial charge in [0.1, 0.15) is 24.4 Å².